The lowest BCUT2D eigenvalue weighted by Gasteiger charge is -2.25. The first-order valence-corrected chi connectivity index (χ1v) is 8.96. The SMILES string of the molecule is C1CC1CN(CC1CC1)CC1CCC(CNC2CC2)O1. The Hall–Kier alpha value is -0.120. The van der Waals surface area contributed by atoms with Gasteiger partial charge in [-0.25, -0.2) is 0 Å². The van der Waals surface area contributed by atoms with Crippen molar-refractivity contribution in [2.24, 2.45) is 11.8 Å². The third kappa shape index (κ3) is 4.19. The lowest BCUT2D eigenvalue weighted by atomic mass is 10.1. The summed E-state index contributed by atoms with van der Waals surface area (Å²) >= 11 is 0. The average Bonchev–Trinajstić information content (AvgIpc) is 3.27. The highest BCUT2D eigenvalue weighted by molar-refractivity contribution is 4.87. The van der Waals surface area contributed by atoms with Crippen LogP contribution in [0.4, 0.5) is 0 Å². The first-order chi connectivity index (χ1) is 9.85. The van der Waals surface area contributed by atoms with Crippen LogP contribution in [0.5, 0.6) is 0 Å². The van der Waals surface area contributed by atoms with E-state index in [0.29, 0.717) is 12.2 Å². The van der Waals surface area contributed by atoms with Gasteiger partial charge in [0.15, 0.2) is 0 Å². The number of nitrogens with one attached hydrogen (secondary N) is 1. The molecular weight excluding hydrogens is 248 g/mol. The van der Waals surface area contributed by atoms with Crippen molar-refractivity contribution in [1.82, 2.24) is 10.2 Å². The van der Waals surface area contributed by atoms with Crippen LogP contribution in [-0.2, 0) is 4.74 Å². The molecule has 1 heterocycles. The highest BCUT2D eigenvalue weighted by atomic mass is 16.5. The van der Waals surface area contributed by atoms with E-state index in [1.54, 1.807) is 0 Å². The van der Waals surface area contributed by atoms with Crippen LogP contribution in [0.2, 0.25) is 0 Å². The molecule has 3 aliphatic carbocycles. The molecule has 0 spiro atoms. The highest BCUT2D eigenvalue weighted by Gasteiger charge is 2.33. The topological polar surface area (TPSA) is 24.5 Å². The van der Waals surface area contributed by atoms with Gasteiger partial charge in [0.1, 0.15) is 0 Å². The zero-order valence-electron chi connectivity index (χ0n) is 12.7. The van der Waals surface area contributed by atoms with Gasteiger partial charge in [0.2, 0.25) is 0 Å². The molecular formula is C17H30N2O. The molecule has 4 aliphatic rings. The van der Waals surface area contributed by atoms with Crippen molar-refractivity contribution in [3.8, 4) is 0 Å². The van der Waals surface area contributed by atoms with Crippen molar-refractivity contribution in [2.45, 2.75) is 69.6 Å². The van der Waals surface area contributed by atoms with E-state index >= 15 is 0 Å². The summed E-state index contributed by atoms with van der Waals surface area (Å²) < 4.78 is 6.27. The Labute approximate surface area is 123 Å². The first kappa shape index (κ1) is 13.5. The van der Waals surface area contributed by atoms with Gasteiger partial charge in [0.25, 0.3) is 0 Å². The van der Waals surface area contributed by atoms with Crippen LogP contribution < -0.4 is 5.32 Å². The third-order valence-electron chi connectivity index (χ3n) is 5.30. The summed E-state index contributed by atoms with van der Waals surface area (Å²) in [6.45, 7) is 4.99. The Bertz CT molecular complexity index is 309. The highest BCUT2D eigenvalue weighted by Crippen LogP contribution is 2.34. The molecule has 0 radical (unpaired) electrons. The maximum Gasteiger partial charge on any atom is 0.0707 e. The van der Waals surface area contributed by atoms with Crippen LogP contribution in [0.25, 0.3) is 0 Å². The molecule has 0 aromatic carbocycles. The molecule has 1 N–H and O–H groups in total. The van der Waals surface area contributed by atoms with Crippen molar-refractivity contribution in [1.29, 1.82) is 0 Å². The van der Waals surface area contributed by atoms with Gasteiger partial charge in [-0.05, 0) is 63.2 Å². The Morgan fingerprint density at radius 3 is 2.00 bits per heavy atom. The number of rotatable bonds is 9. The predicted molar refractivity (Wildman–Crippen MR) is 80.8 cm³/mol. The van der Waals surface area contributed by atoms with Gasteiger partial charge < -0.3 is 15.0 Å². The summed E-state index contributed by atoms with van der Waals surface area (Å²) in [6, 6.07) is 0.818. The minimum atomic E-state index is 0.490. The summed E-state index contributed by atoms with van der Waals surface area (Å²) in [5.41, 5.74) is 0. The lowest BCUT2D eigenvalue weighted by Crippen LogP contribution is -2.36. The van der Waals surface area contributed by atoms with Gasteiger partial charge in [0.05, 0.1) is 12.2 Å². The van der Waals surface area contributed by atoms with Crippen molar-refractivity contribution >= 4 is 0 Å². The number of ether oxygens (including phenoxy) is 1. The van der Waals surface area contributed by atoms with E-state index in [1.165, 1.54) is 71.0 Å². The Kier molecular flexibility index (Phi) is 4.02. The summed E-state index contributed by atoms with van der Waals surface area (Å²) in [7, 11) is 0. The molecule has 3 heteroatoms. The fraction of sp³-hybridized carbons (Fsp3) is 1.00. The smallest absolute Gasteiger partial charge is 0.0707 e. The van der Waals surface area contributed by atoms with E-state index in [4.69, 9.17) is 4.74 Å². The number of hydrogen-bond donors (Lipinski definition) is 1. The molecule has 3 saturated carbocycles. The normalized spacial score (nSPS) is 34.0. The predicted octanol–water partition coefficient (Wildman–Crippen LogP) is 2.41. The number of hydrogen-bond acceptors (Lipinski definition) is 3. The van der Waals surface area contributed by atoms with E-state index in [1.807, 2.05) is 0 Å². The molecule has 2 atom stereocenters. The molecule has 3 nitrogen and oxygen atoms in total. The van der Waals surface area contributed by atoms with Gasteiger partial charge in [-0.3, -0.25) is 0 Å². The second kappa shape index (κ2) is 5.94. The molecule has 0 amide bonds. The molecule has 1 aliphatic heterocycles. The summed E-state index contributed by atoms with van der Waals surface area (Å²) in [6.07, 6.45) is 12.2. The molecule has 4 rings (SSSR count). The fourth-order valence-corrected chi connectivity index (χ4v) is 3.49. The molecule has 20 heavy (non-hydrogen) atoms. The largest absolute Gasteiger partial charge is 0.372 e. The van der Waals surface area contributed by atoms with Gasteiger partial charge in [-0.2, -0.15) is 0 Å². The van der Waals surface area contributed by atoms with Crippen LogP contribution in [0, 0.1) is 11.8 Å². The molecule has 4 fully saturated rings. The maximum atomic E-state index is 6.27. The second-order valence-corrected chi connectivity index (χ2v) is 7.75. The van der Waals surface area contributed by atoms with Crippen LogP contribution in [0.3, 0.4) is 0 Å². The van der Waals surface area contributed by atoms with Crippen LogP contribution in [0.1, 0.15) is 51.4 Å². The first-order valence-electron chi connectivity index (χ1n) is 8.96. The molecule has 2 unspecified atom stereocenters. The second-order valence-electron chi connectivity index (χ2n) is 7.75. The Morgan fingerprint density at radius 2 is 1.40 bits per heavy atom. The standard InChI is InChI=1S/C17H30N2O/c1-2-13(1)10-19(11-14-3-4-14)12-17-8-7-16(20-17)9-18-15-5-6-15/h13-18H,1-12H2. The summed E-state index contributed by atoms with van der Waals surface area (Å²) in [5, 5.41) is 3.62. The van der Waals surface area contributed by atoms with Crippen molar-refractivity contribution < 1.29 is 4.74 Å². The van der Waals surface area contributed by atoms with Crippen LogP contribution in [0.15, 0.2) is 0 Å². The average molecular weight is 278 g/mol. The van der Waals surface area contributed by atoms with E-state index in [-0.39, 0.29) is 0 Å². The van der Waals surface area contributed by atoms with Gasteiger partial charge >= 0.3 is 0 Å². The van der Waals surface area contributed by atoms with Crippen LogP contribution >= 0.6 is 0 Å². The van der Waals surface area contributed by atoms with Crippen LogP contribution in [-0.4, -0.2) is 49.3 Å². The maximum absolute atomic E-state index is 6.27. The van der Waals surface area contributed by atoms with E-state index in [9.17, 15) is 0 Å². The quantitative estimate of drug-likeness (QED) is 0.701. The summed E-state index contributed by atoms with van der Waals surface area (Å²) in [5.74, 6) is 2.03. The monoisotopic (exact) mass is 278 g/mol. The molecule has 1 saturated heterocycles. The van der Waals surface area contributed by atoms with Crippen molar-refractivity contribution in [3.05, 3.63) is 0 Å². The molecule has 0 aromatic heterocycles. The van der Waals surface area contributed by atoms with E-state index in [2.05, 4.69) is 10.2 Å². The number of nitrogens with zero attached hydrogens (tertiary/aromatic N) is 1. The minimum Gasteiger partial charge on any atom is -0.372 e. The minimum absolute atomic E-state index is 0.490. The van der Waals surface area contributed by atoms with Gasteiger partial charge in [0, 0.05) is 32.2 Å². The fourth-order valence-electron chi connectivity index (χ4n) is 3.49. The van der Waals surface area contributed by atoms with Gasteiger partial charge in [-0.1, -0.05) is 0 Å². The van der Waals surface area contributed by atoms with Gasteiger partial charge in [-0.15, -0.1) is 0 Å². The van der Waals surface area contributed by atoms with Crippen molar-refractivity contribution in [2.75, 3.05) is 26.2 Å². The summed E-state index contributed by atoms with van der Waals surface area (Å²) in [4.78, 5) is 2.73. The van der Waals surface area contributed by atoms with Crippen molar-refractivity contribution in [3.63, 3.8) is 0 Å². The molecule has 0 aromatic rings. The molecule has 114 valence electrons. The lowest BCUT2D eigenvalue weighted by molar-refractivity contribution is 0.0215. The molecule has 0 bridgehead atoms. The third-order valence-corrected chi connectivity index (χ3v) is 5.30. The zero-order valence-corrected chi connectivity index (χ0v) is 12.7. The zero-order chi connectivity index (χ0) is 13.4. The van der Waals surface area contributed by atoms with E-state index in [0.717, 1.165) is 24.4 Å². The Balaban J connectivity index is 1.19. The Morgan fingerprint density at radius 1 is 0.750 bits per heavy atom. The van der Waals surface area contributed by atoms with E-state index < -0.39 is 0 Å².